The van der Waals surface area contributed by atoms with Crippen molar-refractivity contribution in [2.45, 2.75) is 80.0 Å². The number of carbonyl (C=O) groups is 8. The normalized spacial score (nSPS) is 11.7. The number of azo groups is 2. The molecule has 6 rings (SSSR count). The number of allylic oxidation sites excluding steroid dienone is 2. The van der Waals surface area contributed by atoms with E-state index < -0.39 is 68.3 Å². The summed E-state index contributed by atoms with van der Waals surface area (Å²) in [5.74, 6) is -5.49. The van der Waals surface area contributed by atoms with E-state index in [1.54, 1.807) is 62.4 Å². The molecule has 90 heavy (non-hydrogen) atoms. The summed E-state index contributed by atoms with van der Waals surface area (Å²) in [5, 5.41) is 46.5. The molecule has 0 aliphatic carbocycles. The van der Waals surface area contributed by atoms with Crippen LogP contribution in [0.2, 0.25) is 0 Å². The molecule has 6 N–H and O–H groups in total. The van der Waals surface area contributed by atoms with Crippen LogP contribution in [0.5, 0.6) is 0 Å². The molecular weight excluding hydrogens is 1220 g/mol. The molecule has 0 saturated carbocycles. The number of rotatable bonds is 20. The van der Waals surface area contributed by atoms with E-state index in [9.17, 15) is 48.6 Å². The number of aliphatic hydroxyl groups is 2. The maximum absolute atomic E-state index is 13.1. The maximum atomic E-state index is 13.1. The minimum absolute atomic E-state index is 0. The Bertz CT molecular complexity index is 3610. The van der Waals surface area contributed by atoms with Crippen LogP contribution in [-0.2, 0) is 38.1 Å². The second kappa shape index (κ2) is 36.0. The molecule has 0 fully saturated rings. The zero-order chi connectivity index (χ0) is 65.3. The predicted octanol–water partition coefficient (Wildman–Crippen LogP) is 15.4. The number of ether oxygens (including phenoxy) is 4. The van der Waals surface area contributed by atoms with E-state index in [4.69, 9.17) is 14.2 Å². The molecule has 0 aliphatic heterocycles. The monoisotopic (exact) mass is 1300 g/mol. The first-order valence-corrected chi connectivity index (χ1v) is 27.6. The summed E-state index contributed by atoms with van der Waals surface area (Å²) in [7, 11) is 4.75. The molecular formula is C67H77BrN8O14. The van der Waals surface area contributed by atoms with Gasteiger partial charge in [-0.25, -0.2) is 19.2 Å². The van der Waals surface area contributed by atoms with Gasteiger partial charge < -0.3 is 50.4 Å². The van der Waals surface area contributed by atoms with E-state index in [1.165, 1.54) is 84.2 Å². The minimum Gasteiger partial charge on any atom is -0.510 e. The fourth-order valence-corrected chi connectivity index (χ4v) is 7.74. The summed E-state index contributed by atoms with van der Waals surface area (Å²) in [4.78, 5) is 98.9. The van der Waals surface area contributed by atoms with Crippen molar-refractivity contribution in [1.82, 2.24) is 0 Å². The zero-order valence-corrected chi connectivity index (χ0v) is 52.0. The number of nitrogens with one attached hydrogen (secondary N) is 4. The number of benzene rings is 6. The summed E-state index contributed by atoms with van der Waals surface area (Å²) < 4.78 is 18.1. The maximum Gasteiger partial charge on any atom is 0.340 e. The second-order valence-corrected chi connectivity index (χ2v) is 22.1. The molecule has 0 heterocycles. The first-order valence-electron chi connectivity index (χ1n) is 26.8. The summed E-state index contributed by atoms with van der Waals surface area (Å²) in [6, 6.07) is 40.6. The van der Waals surface area contributed by atoms with Crippen molar-refractivity contribution in [3.05, 3.63) is 208 Å². The van der Waals surface area contributed by atoms with Crippen molar-refractivity contribution in [2.75, 3.05) is 49.7 Å². The van der Waals surface area contributed by atoms with Crippen molar-refractivity contribution in [1.29, 1.82) is 0 Å². The molecule has 0 spiro atoms. The van der Waals surface area contributed by atoms with Gasteiger partial charge in [-0.05, 0) is 136 Å². The zero-order valence-electron chi connectivity index (χ0n) is 50.4. The van der Waals surface area contributed by atoms with Crippen molar-refractivity contribution < 1.29 is 67.5 Å². The van der Waals surface area contributed by atoms with Crippen LogP contribution in [0.4, 0.5) is 34.1 Å². The third-order valence-electron chi connectivity index (χ3n) is 12.5. The third kappa shape index (κ3) is 23.0. The van der Waals surface area contributed by atoms with Crippen LogP contribution in [-0.4, -0.2) is 90.5 Å². The number of amides is 4. The van der Waals surface area contributed by atoms with Crippen LogP contribution < -0.4 is 21.3 Å². The molecule has 0 aromatic heterocycles. The minimum atomic E-state index is -0.791. The Morgan fingerprint density at radius 2 is 0.867 bits per heavy atom. The summed E-state index contributed by atoms with van der Waals surface area (Å²) in [5.41, 5.74) is 2.58. The SMILES string of the molecule is C.C.C=Cc1ccccc1.COC(=O)c1ccc(C(=O)OC)c(N=NC(C(=O)Nc2ccc(NC(=O)C(C)(C)Br)cc2)=C(C)O)c1.COC(=O)c1ccc(C(=O)OC)c(N=NC(C(=O)Nc2ccc(NC(=O)C(C)(C)CC(C)c3ccccc3)cc2)=C(C)O)c1. The summed E-state index contributed by atoms with van der Waals surface area (Å²) in [6.45, 7) is 15.4. The average Bonchev–Trinajstić information content (AvgIpc) is 1.62. The van der Waals surface area contributed by atoms with Gasteiger partial charge in [0.1, 0.15) is 22.9 Å². The number of esters is 4. The highest BCUT2D eigenvalue weighted by atomic mass is 79.9. The number of hydrogen-bond acceptors (Lipinski definition) is 18. The van der Waals surface area contributed by atoms with Gasteiger partial charge in [-0.15, -0.1) is 20.5 Å². The smallest absolute Gasteiger partial charge is 0.340 e. The fourth-order valence-electron chi connectivity index (χ4n) is 7.64. The Kier molecular flexibility index (Phi) is 30.3. The van der Waals surface area contributed by atoms with Gasteiger partial charge in [-0.2, -0.15) is 0 Å². The largest absolute Gasteiger partial charge is 0.510 e. The molecule has 0 aliphatic rings. The Morgan fingerprint density at radius 3 is 1.19 bits per heavy atom. The highest BCUT2D eigenvalue weighted by Crippen LogP contribution is 2.33. The van der Waals surface area contributed by atoms with Crippen LogP contribution in [0, 0.1) is 5.41 Å². The predicted molar refractivity (Wildman–Crippen MR) is 352 cm³/mol. The van der Waals surface area contributed by atoms with Crippen molar-refractivity contribution >= 4 is 104 Å². The highest BCUT2D eigenvalue weighted by molar-refractivity contribution is 9.10. The van der Waals surface area contributed by atoms with E-state index in [0.717, 1.165) is 5.56 Å². The first kappa shape index (κ1) is 75.7. The highest BCUT2D eigenvalue weighted by Gasteiger charge is 2.31. The van der Waals surface area contributed by atoms with Crippen LogP contribution in [0.25, 0.3) is 6.08 Å². The van der Waals surface area contributed by atoms with E-state index in [-0.39, 0.29) is 66.2 Å². The number of alkyl halides is 1. The Hall–Kier alpha value is -10.4. The van der Waals surface area contributed by atoms with Crippen molar-refractivity contribution in [3.8, 4) is 0 Å². The van der Waals surface area contributed by atoms with E-state index in [2.05, 4.69) is 75.9 Å². The molecule has 1 unspecified atom stereocenters. The Balaban J connectivity index is 0.000000541. The molecule has 23 heteroatoms. The number of halogens is 1. The lowest BCUT2D eigenvalue weighted by Crippen LogP contribution is -2.32. The first-order chi connectivity index (χ1) is 41.7. The summed E-state index contributed by atoms with van der Waals surface area (Å²) >= 11 is 3.27. The fraction of sp³-hybridized carbons (Fsp3) is 0.254. The number of anilines is 4. The number of methoxy groups -OCH3 is 4. The number of hydrogen-bond donors (Lipinski definition) is 6. The molecule has 22 nitrogen and oxygen atoms in total. The molecule has 6 aromatic rings. The number of carbonyl (C=O) groups excluding carboxylic acids is 8. The topological polar surface area (TPSA) is 311 Å². The van der Waals surface area contributed by atoms with Gasteiger partial charge >= 0.3 is 23.9 Å². The molecule has 0 radical (unpaired) electrons. The standard InChI is InChI=1S/C33H36N4O7.C24H25BrN4O7.C8H8.2CH4/c1-20(22-10-8-7-9-11-22)19-33(3,4)32(42)35-25-15-13-24(14-16-25)34-29(39)28(21(2)38)37-36-27-18-23(30(40)43-5)12-17-26(27)31(41)44-6;1-13(30)19(20(31)26-15-7-9-16(10-8-15)27-23(34)24(2,3)25)29-28-18-12-14(21(32)35-4)6-11-17(18)22(33)36-5;1-2-8-6-4-3-5-7-8;;/h7-18,20,38H,19H2,1-6H3,(H,34,39)(H,35,42);6-12,30H,1-5H3,(H,26,31)(H,27,34);2-7H,1H2;2*1H4. The lowest BCUT2D eigenvalue weighted by molar-refractivity contribution is -0.124. The second-order valence-electron chi connectivity index (χ2n) is 20.2. The third-order valence-corrected chi connectivity index (χ3v) is 12.8. The van der Waals surface area contributed by atoms with Crippen molar-refractivity contribution in [2.24, 2.45) is 25.9 Å². The number of nitrogens with zero attached hydrogens (tertiary/aromatic N) is 4. The van der Waals surface area contributed by atoms with Gasteiger partial charge in [0.15, 0.2) is 11.4 Å². The van der Waals surface area contributed by atoms with Gasteiger partial charge in [0.25, 0.3) is 11.8 Å². The van der Waals surface area contributed by atoms with E-state index in [0.29, 0.717) is 29.2 Å². The van der Waals surface area contributed by atoms with Crippen LogP contribution >= 0.6 is 15.9 Å². The summed E-state index contributed by atoms with van der Waals surface area (Å²) in [6.07, 6.45) is 2.48. The number of aliphatic hydroxyl groups excluding tert-OH is 2. The van der Waals surface area contributed by atoms with Crippen LogP contribution in [0.1, 0.15) is 128 Å². The molecule has 476 valence electrons. The lowest BCUT2D eigenvalue weighted by Gasteiger charge is -2.27. The van der Waals surface area contributed by atoms with E-state index >= 15 is 0 Å². The van der Waals surface area contributed by atoms with Gasteiger partial charge in [0.05, 0.1) is 55.0 Å². The quantitative estimate of drug-likeness (QED) is 0.0103. The van der Waals surface area contributed by atoms with Gasteiger partial charge in [0.2, 0.25) is 11.8 Å². The van der Waals surface area contributed by atoms with Crippen LogP contribution in [0.15, 0.2) is 196 Å². The van der Waals surface area contributed by atoms with Gasteiger partial charge in [0, 0.05) is 28.2 Å². The molecule has 0 bridgehead atoms. The molecule has 4 amide bonds. The Morgan fingerprint density at radius 1 is 0.522 bits per heavy atom. The van der Waals surface area contributed by atoms with Crippen molar-refractivity contribution in [3.63, 3.8) is 0 Å². The molecule has 6 aromatic carbocycles. The average molecular weight is 1300 g/mol. The molecule has 0 saturated heterocycles. The van der Waals surface area contributed by atoms with Crippen LogP contribution in [0.3, 0.4) is 0 Å². The lowest BCUT2D eigenvalue weighted by atomic mass is 9.80. The Labute approximate surface area is 532 Å². The van der Waals surface area contributed by atoms with E-state index in [1.807, 2.05) is 80.6 Å². The van der Waals surface area contributed by atoms with Gasteiger partial charge in [-0.1, -0.05) is 125 Å². The molecule has 1 atom stereocenters. The van der Waals surface area contributed by atoms with Gasteiger partial charge in [-0.3, -0.25) is 19.2 Å².